The summed E-state index contributed by atoms with van der Waals surface area (Å²) in [6, 6.07) is 8.61. The van der Waals surface area contributed by atoms with Gasteiger partial charge < -0.3 is 15.2 Å². The molecule has 0 aromatic heterocycles. The molecule has 0 amide bonds. The molecule has 22 heavy (non-hydrogen) atoms. The molecule has 0 heterocycles. The van der Waals surface area contributed by atoms with Crippen LogP contribution in [0.1, 0.15) is 51.0 Å². The van der Waals surface area contributed by atoms with Crippen molar-refractivity contribution < 1.29 is 14.6 Å². The fourth-order valence-corrected chi connectivity index (χ4v) is 3.06. The second-order valence-corrected chi connectivity index (χ2v) is 6.38. The highest BCUT2D eigenvalue weighted by atomic mass is 16.5. The van der Waals surface area contributed by atoms with Crippen LogP contribution in [0.3, 0.4) is 0 Å². The van der Waals surface area contributed by atoms with Gasteiger partial charge in [0.25, 0.3) is 0 Å². The predicted octanol–water partition coefficient (Wildman–Crippen LogP) is 3.42. The largest absolute Gasteiger partial charge is 0.492 e. The third kappa shape index (κ3) is 4.73. The lowest BCUT2D eigenvalue weighted by Gasteiger charge is -2.27. The lowest BCUT2D eigenvalue weighted by Crippen LogP contribution is -2.37. The first kappa shape index (κ1) is 16.8. The minimum Gasteiger partial charge on any atom is -0.492 e. The van der Waals surface area contributed by atoms with E-state index < -0.39 is 5.97 Å². The van der Waals surface area contributed by atoms with Crippen molar-refractivity contribution in [2.45, 2.75) is 51.5 Å². The average molecular weight is 305 g/mol. The first-order valence-corrected chi connectivity index (χ1v) is 8.26. The molecule has 1 aliphatic rings. The Morgan fingerprint density at radius 2 is 1.95 bits per heavy atom. The number of rotatable bonds is 7. The van der Waals surface area contributed by atoms with Crippen LogP contribution in [0.2, 0.25) is 0 Å². The first-order chi connectivity index (χ1) is 10.6. The smallest absolute Gasteiger partial charge is 0.306 e. The van der Waals surface area contributed by atoms with Crippen molar-refractivity contribution in [1.29, 1.82) is 0 Å². The van der Waals surface area contributed by atoms with Gasteiger partial charge in [-0.1, -0.05) is 32.0 Å². The molecule has 4 nitrogen and oxygen atoms in total. The summed E-state index contributed by atoms with van der Waals surface area (Å²) in [7, 11) is 0. The summed E-state index contributed by atoms with van der Waals surface area (Å²) in [4.78, 5) is 10.9. The van der Waals surface area contributed by atoms with Gasteiger partial charge in [0.05, 0.1) is 5.92 Å². The van der Waals surface area contributed by atoms with E-state index >= 15 is 0 Å². The molecule has 1 fully saturated rings. The van der Waals surface area contributed by atoms with Crippen molar-refractivity contribution >= 4 is 5.97 Å². The molecule has 0 atom stereocenters. The van der Waals surface area contributed by atoms with Crippen LogP contribution in [0.25, 0.3) is 0 Å². The van der Waals surface area contributed by atoms with Gasteiger partial charge in [-0.15, -0.1) is 0 Å². The average Bonchev–Trinajstić information content (AvgIpc) is 2.52. The van der Waals surface area contributed by atoms with Crippen LogP contribution in [0.5, 0.6) is 5.75 Å². The number of carboxylic acids is 1. The lowest BCUT2D eigenvalue weighted by atomic mass is 9.86. The zero-order valence-corrected chi connectivity index (χ0v) is 13.5. The van der Waals surface area contributed by atoms with Crippen molar-refractivity contribution in [2.75, 3.05) is 13.2 Å². The number of carboxylic acid groups (broad SMARTS) is 1. The Morgan fingerprint density at radius 1 is 1.27 bits per heavy atom. The summed E-state index contributed by atoms with van der Waals surface area (Å²) < 4.78 is 5.89. The van der Waals surface area contributed by atoms with E-state index in [1.54, 1.807) is 0 Å². The van der Waals surface area contributed by atoms with E-state index in [1.807, 2.05) is 18.2 Å². The first-order valence-electron chi connectivity index (χ1n) is 8.26. The van der Waals surface area contributed by atoms with Gasteiger partial charge in [0.2, 0.25) is 0 Å². The molecule has 1 aromatic carbocycles. The summed E-state index contributed by atoms with van der Waals surface area (Å²) in [6.07, 6.45) is 3.45. The van der Waals surface area contributed by atoms with Crippen molar-refractivity contribution in [2.24, 2.45) is 5.92 Å². The number of ether oxygens (including phenoxy) is 1. The molecule has 0 saturated heterocycles. The number of nitrogens with one attached hydrogen (secondary N) is 1. The Balaban J connectivity index is 1.69. The minimum atomic E-state index is -0.646. The second kappa shape index (κ2) is 8.18. The fourth-order valence-electron chi connectivity index (χ4n) is 3.06. The van der Waals surface area contributed by atoms with Crippen molar-refractivity contribution in [3.63, 3.8) is 0 Å². The van der Waals surface area contributed by atoms with E-state index in [0.717, 1.165) is 38.0 Å². The highest BCUT2D eigenvalue weighted by Crippen LogP contribution is 2.26. The van der Waals surface area contributed by atoms with Gasteiger partial charge in [-0.05, 0) is 43.2 Å². The Morgan fingerprint density at radius 3 is 2.59 bits per heavy atom. The van der Waals surface area contributed by atoms with E-state index in [1.165, 1.54) is 5.56 Å². The van der Waals surface area contributed by atoms with Gasteiger partial charge in [-0.25, -0.2) is 0 Å². The van der Waals surface area contributed by atoms with E-state index in [4.69, 9.17) is 9.84 Å². The highest BCUT2D eigenvalue weighted by Gasteiger charge is 2.25. The predicted molar refractivity (Wildman–Crippen MR) is 87.4 cm³/mol. The quantitative estimate of drug-likeness (QED) is 0.758. The molecule has 0 spiro atoms. The van der Waals surface area contributed by atoms with E-state index in [-0.39, 0.29) is 5.92 Å². The number of carbonyl (C=O) groups is 1. The van der Waals surface area contributed by atoms with E-state index in [0.29, 0.717) is 18.6 Å². The molecule has 1 aliphatic carbocycles. The molecule has 0 unspecified atom stereocenters. The number of hydrogen-bond donors (Lipinski definition) is 2. The molecule has 4 heteroatoms. The standard InChI is InChI=1S/C18H27NO3/c1-13(2)16-5-3-4-6-17(16)22-12-11-19-15-9-7-14(8-10-15)18(20)21/h3-6,13-15,19H,7-12H2,1-2H3,(H,20,21). The normalized spacial score (nSPS) is 21.8. The van der Waals surface area contributed by atoms with Crippen molar-refractivity contribution in [1.82, 2.24) is 5.32 Å². The molecular weight excluding hydrogens is 278 g/mol. The zero-order valence-electron chi connectivity index (χ0n) is 13.5. The summed E-state index contributed by atoms with van der Waals surface area (Å²) >= 11 is 0. The molecule has 122 valence electrons. The monoisotopic (exact) mass is 305 g/mol. The summed E-state index contributed by atoms with van der Waals surface area (Å²) in [5.41, 5.74) is 1.24. The van der Waals surface area contributed by atoms with Crippen LogP contribution >= 0.6 is 0 Å². The van der Waals surface area contributed by atoms with Gasteiger partial charge in [0.1, 0.15) is 12.4 Å². The van der Waals surface area contributed by atoms with Crippen LogP contribution in [0.15, 0.2) is 24.3 Å². The third-order valence-corrected chi connectivity index (χ3v) is 4.41. The molecule has 1 aromatic rings. The molecule has 0 aliphatic heterocycles. The third-order valence-electron chi connectivity index (χ3n) is 4.41. The summed E-state index contributed by atoms with van der Waals surface area (Å²) in [6.45, 7) is 5.78. The lowest BCUT2D eigenvalue weighted by molar-refractivity contribution is -0.142. The van der Waals surface area contributed by atoms with Gasteiger partial charge in [0, 0.05) is 12.6 Å². The molecular formula is C18H27NO3. The highest BCUT2D eigenvalue weighted by molar-refractivity contribution is 5.70. The van der Waals surface area contributed by atoms with Crippen molar-refractivity contribution in [3.8, 4) is 5.75 Å². The Labute approximate surface area is 132 Å². The molecule has 2 N–H and O–H groups in total. The van der Waals surface area contributed by atoms with Crippen molar-refractivity contribution in [3.05, 3.63) is 29.8 Å². The molecule has 1 saturated carbocycles. The zero-order chi connectivity index (χ0) is 15.9. The van der Waals surface area contributed by atoms with Gasteiger partial charge >= 0.3 is 5.97 Å². The number of para-hydroxylation sites is 1. The number of hydrogen-bond acceptors (Lipinski definition) is 3. The summed E-state index contributed by atoms with van der Waals surface area (Å²) in [5.74, 6) is 0.628. The molecule has 2 rings (SSSR count). The van der Waals surface area contributed by atoms with Gasteiger partial charge in [-0.3, -0.25) is 4.79 Å². The number of benzene rings is 1. The van der Waals surface area contributed by atoms with E-state index in [2.05, 4.69) is 25.2 Å². The maximum Gasteiger partial charge on any atom is 0.306 e. The Hall–Kier alpha value is -1.55. The van der Waals surface area contributed by atoms with Crippen LogP contribution in [-0.4, -0.2) is 30.3 Å². The van der Waals surface area contributed by atoms with Crippen LogP contribution in [0, 0.1) is 5.92 Å². The maximum atomic E-state index is 10.9. The second-order valence-electron chi connectivity index (χ2n) is 6.38. The van der Waals surface area contributed by atoms with Gasteiger partial charge in [-0.2, -0.15) is 0 Å². The summed E-state index contributed by atoms with van der Waals surface area (Å²) in [5, 5.41) is 12.5. The van der Waals surface area contributed by atoms with Crippen LogP contribution in [0.4, 0.5) is 0 Å². The fraction of sp³-hybridized carbons (Fsp3) is 0.611. The SMILES string of the molecule is CC(C)c1ccccc1OCCNC1CCC(C(=O)O)CC1. The topological polar surface area (TPSA) is 58.6 Å². The Bertz CT molecular complexity index is 479. The molecule has 0 bridgehead atoms. The van der Waals surface area contributed by atoms with E-state index in [9.17, 15) is 4.79 Å². The Kier molecular flexibility index (Phi) is 6.25. The minimum absolute atomic E-state index is 0.146. The molecule has 0 radical (unpaired) electrons. The number of aliphatic carboxylic acids is 1. The maximum absolute atomic E-state index is 10.9. The van der Waals surface area contributed by atoms with Crippen LogP contribution < -0.4 is 10.1 Å². The van der Waals surface area contributed by atoms with Gasteiger partial charge in [0.15, 0.2) is 0 Å². The van der Waals surface area contributed by atoms with Crippen LogP contribution in [-0.2, 0) is 4.79 Å².